The molecule has 0 saturated carbocycles. The number of piperazine rings is 1. The predicted octanol–water partition coefficient (Wildman–Crippen LogP) is 2.45. The molecule has 112 valence electrons. The molecule has 2 rings (SSSR count). The second-order valence-electron chi connectivity index (χ2n) is 5.03. The van der Waals surface area contributed by atoms with Crippen molar-refractivity contribution in [2.24, 2.45) is 0 Å². The highest BCUT2D eigenvalue weighted by Gasteiger charge is 2.19. The van der Waals surface area contributed by atoms with Crippen molar-refractivity contribution in [1.29, 1.82) is 0 Å². The highest BCUT2D eigenvalue weighted by atomic mass is 16.5. The van der Waals surface area contributed by atoms with Crippen LogP contribution >= 0.6 is 0 Å². The van der Waals surface area contributed by atoms with Gasteiger partial charge in [-0.05, 0) is 38.5 Å². The van der Waals surface area contributed by atoms with Gasteiger partial charge in [-0.15, -0.1) is 0 Å². The fourth-order valence-corrected chi connectivity index (χ4v) is 2.61. The summed E-state index contributed by atoms with van der Waals surface area (Å²) in [5.41, 5.74) is 1.29. The Labute approximate surface area is 122 Å². The van der Waals surface area contributed by atoms with Crippen molar-refractivity contribution in [2.45, 2.75) is 26.8 Å². The van der Waals surface area contributed by atoms with E-state index >= 15 is 0 Å². The molecule has 1 aromatic carbocycles. The van der Waals surface area contributed by atoms with Crippen molar-refractivity contribution >= 4 is 0 Å². The first-order valence-electron chi connectivity index (χ1n) is 7.60. The number of rotatable bonds is 6. The molecule has 20 heavy (non-hydrogen) atoms. The summed E-state index contributed by atoms with van der Waals surface area (Å²) in [5.74, 6) is 1.69. The average Bonchev–Trinajstić information content (AvgIpc) is 2.50. The van der Waals surface area contributed by atoms with Gasteiger partial charge in [-0.2, -0.15) is 0 Å². The van der Waals surface area contributed by atoms with Crippen LogP contribution in [0.4, 0.5) is 0 Å². The molecule has 1 unspecified atom stereocenters. The highest BCUT2D eigenvalue weighted by Crippen LogP contribution is 2.32. The molecule has 0 aromatic heterocycles. The molecule has 0 radical (unpaired) electrons. The van der Waals surface area contributed by atoms with Crippen LogP contribution in [-0.2, 0) is 0 Å². The second-order valence-corrected chi connectivity index (χ2v) is 5.03. The van der Waals surface area contributed by atoms with Crippen molar-refractivity contribution in [3.63, 3.8) is 0 Å². The zero-order valence-electron chi connectivity index (χ0n) is 12.8. The van der Waals surface area contributed by atoms with Crippen molar-refractivity contribution in [2.75, 3.05) is 39.4 Å². The Hall–Kier alpha value is -1.26. The number of benzene rings is 1. The Morgan fingerprint density at radius 1 is 1.10 bits per heavy atom. The lowest BCUT2D eigenvalue weighted by molar-refractivity contribution is 0.185. The smallest absolute Gasteiger partial charge is 0.161 e. The van der Waals surface area contributed by atoms with Crippen LogP contribution < -0.4 is 14.8 Å². The van der Waals surface area contributed by atoms with Crippen LogP contribution in [-0.4, -0.2) is 44.3 Å². The van der Waals surface area contributed by atoms with Crippen LogP contribution in [0.25, 0.3) is 0 Å². The first kappa shape index (κ1) is 15.1. The molecule has 1 fully saturated rings. The van der Waals surface area contributed by atoms with E-state index in [-0.39, 0.29) is 0 Å². The van der Waals surface area contributed by atoms with E-state index in [0.717, 1.165) is 37.7 Å². The summed E-state index contributed by atoms with van der Waals surface area (Å²) in [7, 11) is 0. The minimum absolute atomic E-state index is 0.409. The molecule has 4 nitrogen and oxygen atoms in total. The van der Waals surface area contributed by atoms with E-state index in [1.54, 1.807) is 0 Å². The zero-order valence-corrected chi connectivity index (χ0v) is 12.8. The summed E-state index contributed by atoms with van der Waals surface area (Å²) in [6.07, 6.45) is 0. The number of hydrogen-bond donors (Lipinski definition) is 1. The normalized spacial score (nSPS) is 17.8. The maximum Gasteiger partial charge on any atom is 0.161 e. The van der Waals surface area contributed by atoms with Crippen molar-refractivity contribution in [3.05, 3.63) is 23.8 Å². The lowest BCUT2D eigenvalue weighted by Crippen LogP contribution is -2.44. The Bertz CT molecular complexity index is 417. The van der Waals surface area contributed by atoms with Gasteiger partial charge in [0.1, 0.15) is 0 Å². The Kier molecular flexibility index (Phi) is 5.68. The molecule has 0 amide bonds. The van der Waals surface area contributed by atoms with Crippen molar-refractivity contribution < 1.29 is 9.47 Å². The van der Waals surface area contributed by atoms with Crippen molar-refractivity contribution in [3.8, 4) is 11.5 Å². The van der Waals surface area contributed by atoms with Gasteiger partial charge in [0.2, 0.25) is 0 Å². The van der Waals surface area contributed by atoms with E-state index in [1.807, 2.05) is 19.9 Å². The standard InChI is InChI=1S/C16H26N2O2/c1-4-19-15-7-6-14(12-16(15)20-5-2)13(3)18-10-8-17-9-11-18/h6-7,12-13,17H,4-5,8-11H2,1-3H3. The number of nitrogens with one attached hydrogen (secondary N) is 1. The third kappa shape index (κ3) is 3.64. The Balaban J connectivity index is 2.16. The summed E-state index contributed by atoms with van der Waals surface area (Å²) in [6.45, 7) is 11.9. The molecule has 1 heterocycles. The largest absolute Gasteiger partial charge is 0.490 e. The first-order chi connectivity index (χ1) is 9.76. The van der Waals surface area contributed by atoms with Crippen LogP contribution in [0.2, 0.25) is 0 Å². The molecule has 4 heteroatoms. The van der Waals surface area contributed by atoms with Gasteiger partial charge in [-0.1, -0.05) is 6.07 Å². The summed E-state index contributed by atoms with van der Waals surface area (Å²) < 4.78 is 11.3. The van der Waals surface area contributed by atoms with Gasteiger partial charge < -0.3 is 14.8 Å². The van der Waals surface area contributed by atoms with E-state index in [0.29, 0.717) is 19.3 Å². The highest BCUT2D eigenvalue weighted by molar-refractivity contribution is 5.43. The Morgan fingerprint density at radius 3 is 2.40 bits per heavy atom. The summed E-state index contributed by atoms with van der Waals surface area (Å²) in [6, 6.07) is 6.72. The van der Waals surface area contributed by atoms with E-state index in [1.165, 1.54) is 5.56 Å². The molecule has 0 bridgehead atoms. The van der Waals surface area contributed by atoms with E-state index < -0.39 is 0 Å². The minimum atomic E-state index is 0.409. The van der Waals surface area contributed by atoms with Gasteiger partial charge in [-0.3, -0.25) is 4.90 Å². The first-order valence-corrected chi connectivity index (χ1v) is 7.60. The lowest BCUT2D eigenvalue weighted by atomic mass is 10.1. The Morgan fingerprint density at radius 2 is 1.75 bits per heavy atom. The third-order valence-corrected chi connectivity index (χ3v) is 3.75. The minimum Gasteiger partial charge on any atom is -0.490 e. The summed E-state index contributed by atoms with van der Waals surface area (Å²) in [4.78, 5) is 2.50. The third-order valence-electron chi connectivity index (χ3n) is 3.75. The van der Waals surface area contributed by atoms with Crippen molar-refractivity contribution in [1.82, 2.24) is 10.2 Å². The van der Waals surface area contributed by atoms with Crippen LogP contribution in [0.5, 0.6) is 11.5 Å². The van der Waals surface area contributed by atoms with Gasteiger partial charge >= 0.3 is 0 Å². The molecule has 1 atom stereocenters. The van der Waals surface area contributed by atoms with Crippen LogP contribution in [0.15, 0.2) is 18.2 Å². The van der Waals surface area contributed by atoms with E-state index in [2.05, 4.69) is 29.3 Å². The van der Waals surface area contributed by atoms with E-state index in [9.17, 15) is 0 Å². The molecule has 1 aromatic rings. The fraction of sp³-hybridized carbons (Fsp3) is 0.625. The van der Waals surface area contributed by atoms with E-state index in [4.69, 9.17) is 9.47 Å². The van der Waals surface area contributed by atoms with Crippen LogP contribution in [0, 0.1) is 0 Å². The molecule has 0 spiro atoms. The molecular formula is C16H26N2O2. The maximum absolute atomic E-state index is 5.71. The quantitative estimate of drug-likeness (QED) is 0.866. The predicted molar refractivity (Wildman–Crippen MR) is 81.6 cm³/mol. The van der Waals surface area contributed by atoms with Gasteiger partial charge in [0.15, 0.2) is 11.5 Å². The topological polar surface area (TPSA) is 33.7 Å². The van der Waals surface area contributed by atoms with Crippen LogP contribution in [0.3, 0.4) is 0 Å². The second kappa shape index (κ2) is 7.50. The molecule has 1 N–H and O–H groups in total. The molecular weight excluding hydrogens is 252 g/mol. The average molecular weight is 278 g/mol. The molecule has 1 saturated heterocycles. The fourth-order valence-electron chi connectivity index (χ4n) is 2.61. The number of ether oxygens (including phenoxy) is 2. The van der Waals surface area contributed by atoms with Gasteiger partial charge in [-0.25, -0.2) is 0 Å². The molecule has 0 aliphatic carbocycles. The summed E-state index contributed by atoms with van der Waals surface area (Å²) >= 11 is 0. The number of hydrogen-bond acceptors (Lipinski definition) is 4. The van der Waals surface area contributed by atoms with Crippen LogP contribution in [0.1, 0.15) is 32.4 Å². The lowest BCUT2D eigenvalue weighted by Gasteiger charge is -2.33. The summed E-state index contributed by atoms with van der Waals surface area (Å²) in [5, 5.41) is 3.39. The van der Waals surface area contributed by atoms with Gasteiger partial charge in [0.25, 0.3) is 0 Å². The molecule has 1 aliphatic rings. The monoisotopic (exact) mass is 278 g/mol. The van der Waals surface area contributed by atoms with Gasteiger partial charge in [0, 0.05) is 32.2 Å². The van der Waals surface area contributed by atoms with Gasteiger partial charge in [0.05, 0.1) is 13.2 Å². The SMILES string of the molecule is CCOc1ccc(C(C)N2CCNCC2)cc1OCC. The number of nitrogens with zero attached hydrogens (tertiary/aromatic N) is 1. The maximum atomic E-state index is 5.71. The molecule has 1 aliphatic heterocycles. The zero-order chi connectivity index (χ0) is 14.4.